The Bertz CT molecular complexity index is 749. The van der Waals surface area contributed by atoms with Gasteiger partial charge in [0, 0.05) is 37.7 Å². The summed E-state index contributed by atoms with van der Waals surface area (Å²) in [5, 5.41) is 4.47. The summed E-state index contributed by atoms with van der Waals surface area (Å²) >= 11 is 0. The summed E-state index contributed by atoms with van der Waals surface area (Å²) < 4.78 is 5.30. The molecule has 0 bridgehead atoms. The van der Waals surface area contributed by atoms with Gasteiger partial charge in [-0.1, -0.05) is 0 Å². The molecule has 2 rings (SSSR count). The molecule has 0 spiro atoms. The summed E-state index contributed by atoms with van der Waals surface area (Å²) in [6.07, 6.45) is 1.28. The first kappa shape index (κ1) is 14.8. The van der Waals surface area contributed by atoms with Crippen molar-refractivity contribution in [2.75, 3.05) is 18.5 Å². The molecule has 1 aromatic carbocycles. The Kier molecular flexibility index (Phi) is 4.37. The zero-order valence-corrected chi connectivity index (χ0v) is 12.2. The summed E-state index contributed by atoms with van der Waals surface area (Å²) in [5.41, 5.74) is 3.54. The summed E-state index contributed by atoms with van der Waals surface area (Å²) in [4.78, 5) is 24.7. The number of amides is 1. The largest absolute Gasteiger partial charge is 0.422 e. The van der Waals surface area contributed by atoms with Gasteiger partial charge >= 0.3 is 5.63 Å². The molecular formula is C15H17N3O3. The number of rotatable bonds is 4. The highest BCUT2D eigenvalue weighted by Crippen LogP contribution is 2.20. The Balaban J connectivity index is 2.40. The minimum absolute atomic E-state index is 0.285. The van der Waals surface area contributed by atoms with Crippen molar-refractivity contribution in [2.24, 2.45) is 5.10 Å². The lowest BCUT2D eigenvalue weighted by molar-refractivity contribution is -0.118. The van der Waals surface area contributed by atoms with Gasteiger partial charge in [-0.05, 0) is 25.1 Å². The predicted octanol–water partition coefficient (Wildman–Crippen LogP) is 1.72. The highest BCUT2D eigenvalue weighted by Gasteiger charge is 2.06. The Hall–Kier alpha value is -2.63. The van der Waals surface area contributed by atoms with Crippen LogP contribution in [0.4, 0.5) is 5.69 Å². The molecule has 1 amide bonds. The molecule has 6 heteroatoms. The topological polar surface area (TPSA) is 74.9 Å². The van der Waals surface area contributed by atoms with Crippen LogP contribution >= 0.6 is 0 Å². The van der Waals surface area contributed by atoms with Crippen LogP contribution in [-0.4, -0.2) is 25.7 Å². The first-order valence-electron chi connectivity index (χ1n) is 6.60. The van der Waals surface area contributed by atoms with Gasteiger partial charge in [-0.3, -0.25) is 4.79 Å². The van der Waals surface area contributed by atoms with Crippen LogP contribution in [-0.2, 0) is 4.79 Å². The molecule has 0 radical (unpaired) electrons. The third kappa shape index (κ3) is 3.47. The monoisotopic (exact) mass is 287 g/mol. The maximum atomic E-state index is 11.9. The van der Waals surface area contributed by atoms with Gasteiger partial charge in [-0.2, -0.15) is 5.10 Å². The molecule has 1 aromatic heterocycles. The second kappa shape index (κ2) is 6.21. The Morgan fingerprint density at radius 1 is 1.43 bits per heavy atom. The first-order valence-corrected chi connectivity index (χ1v) is 6.60. The fraction of sp³-hybridized carbons (Fsp3) is 0.267. The number of anilines is 1. The molecule has 110 valence electrons. The van der Waals surface area contributed by atoms with Gasteiger partial charge in [0.1, 0.15) is 5.58 Å². The van der Waals surface area contributed by atoms with E-state index in [-0.39, 0.29) is 11.5 Å². The predicted molar refractivity (Wildman–Crippen MR) is 82.8 cm³/mol. The number of hydrogen-bond donors (Lipinski definition) is 1. The zero-order chi connectivity index (χ0) is 15.4. The average Bonchev–Trinajstić information content (AvgIpc) is 2.46. The minimum atomic E-state index is -0.493. The van der Waals surface area contributed by atoms with Crippen molar-refractivity contribution in [3.63, 3.8) is 0 Å². The Morgan fingerprint density at radius 3 is 2.86 bits per heavy atom. The van der Waals surface area contributed by atoms with Gasteiger partial charge in [0.05, 0.1) is 11.8 Å². The van der Waals surface area contributed by atoms with Gasteiger partial charge in [-0.15, -0.1) is 0 Å². The van der Waals surface area contributed by atoms with Gasteiger partial charge < -0.3 is 9.32 Å². The smallest absolute Gasteiger partial charge is 0.345 e. The van der Waals surface area contributed by atoms with E-state index in [9.17, 15) is 9.59 Å². The van der Waals surface area contributed by atoms with Gasteiger partial charge in [0.2, 0.25) is 5.91 Å². The zero-order valence-electron chi connectivity index (χ0n) is 12.2. The van der Waals surface area contributed by atoms with Gasteiger partial charge in [-0.25, -0.2) is 10.2 Å². The summed E-state index contributed by atoms with van der Waals surface area (Å²) in [6, 6.07) is 7.35. The Morgan fingerprint density at radius 2 is 2.19 bits per heavy atom. The summed E-state index contributed by atoms with van der Waals surface area (Å²) in [7, 11) is 1.97. The number of carbonyl (C=O) groups is 1. The second-order valence-electron chi connectivity index (χ2n) is 4.65. The van der Waals surface area contributed by atoms with Crippen LogP contribution in [0.25, 0.3) is 11.0 Å². The molecule has 0 atom stereocenters. The van der Waals surface area contributed by atoms with Crippen LogP contribution < -0.4 is 16.0 Å². The third-order valence-electron chi connectivity index (χ3n) is 3.09. The van der Waals surface area contributed by atoms with E-state index in [1.165, 1.54) is 13.1 Å². The van der Waals surface area contributed by atoms with E-state index in [1.807, 2.05) is 37.1 Å². The quantitative estimate of drug-likeness (QED) is 0.528. The lowest BCUT2D eigenvalue weighted by Crippen LogP contribution is -2.16. The van der Waals surface area contributed by atoms with E-state index in [1.54, 1.807) is 6.07 Å². The van der Waals surface area contributed by atoms with E-state index in [0.717, 1.165) is 17.6 Å². The van der Waals surface area contributed by atoms with Crippen molar-refractivity contribution in [3.05, 3.63) is 40.2 Å². The molecule has 2 aromatic rings. The molecule has 0 unspecified atom stereocenters. The minimum Gasteiger partial charge on any atom is -0.422 e. The fourth-order valence-electron chi connectivity index (χ4n) is 1.82. The van der Waals surface area contributed by atoms with Crippen molar-refractivity contribution < 1.29 is 9.21 Å². The number of hydrazone groups is 1. The van der Waals surface area contributed by atoms with Crippen molar-refractivity contribution in [1.29, 1.82) is 0 Å². The van der Waals surface area contributed by atoms with Crippen molar-refractivity contribution in [1.82, 2.24) is 5.43 Å². The second-order valence-corrected chi connectivity index (χ2v) is 4.65. The number of hydrogen-bond acceptors (Lipinski definition) is 5. The maximum absolute atomic E-state index is 11.9. The SMILES string of the molecule is CCN(C)c1ccc2cc(/C=N/NC(C)=O)c(=O)oc2c1. The van der Waals surface area contributed by atoms with Crippen molar-refractivity contribution in [3.8, 4) is 0 Å². The molecule has 0 aliphatic rings. The van der Waals surface area contributed by atoms with E-state index < -0.39 is 5.63 Å². The van der Waals surface area contributed by atoms with Gasteiger partial charge in [0.15, 0.2) is 0 Å². The highest BCUT2D eigenvalue weighted by molar-refractivity contribution is 5.88. The molecule has 0 saturated carbocycles. The normalized spacial score (nSPS) is 11.0. The molecule has 6 nitrogen and oxygen atoms in total. The molecule has 0 aliphatic heterocycles. The summed E-state index contributed by atoms with van der Waals surface area (Å²) in [5.74, 6) is -0.302. The lowest BCUT2D eigenvalue weighted by atomic mass is 10.1. The van der Waals surface area contributed by atoms with Crippen molar-refractivity contribution in [2.45, 2.75) is 13.8 Å². The molecule has 0 saturated heterocycles. The van der Waals surface area contributed by atoms with E-state index in [0.29, 0.717) is 5.58 Å². The number of nitrogens with one attached hydrogen (secondary N) is 1. The van der Waals surface area contributed by atoms with Crippen LogP contribution in [0.2, 0.25) is 0 Å². The average molecular weight is 287 g/mol. The maximum Gasteiger partial charge on any atom is 0.345 e. The first-order chi connectivity index (χ1) is 10.0. The van der Waals surface area contributed by atoms with E-state index >= 15 is 0 Å². The van der Waals surface area contributed by atoms with Gasteiger partial charge in [0.25, 0.3) is 0 Å². The third-order valence-corrected chi connectivity index (χ3v) is 3.09. The fourth-order valence-corrected chi connectivity index (χ4v) is 1.82. The molecule has 21 heavy (non-hydrogen) atoms. The van der Waals surface area contributed by atoms with E-state index in [4.69, 9.17) is 4.42 Å². The highest BCUT2D eigenvalue weighted by atomic mass is 16.4. The molecular weight excluding hydrogens is 270 g/mol. The summed E-state index contributed by atoms with van der Waals surface area (Å²) in [6.45, 7) is 4.24. The number of fused-ring (bicyclic) bond motifs is 1. The number of carbonyl (C=O) groups excluding carboxylic acids is 1. The molecule has 0 fully saturated rings. The lowest BCUT2D eigenvalue weighted by Gasteiger charge is -2.16. The molecule has 1 N–H and O–H groups in total. The van der Waals surface area contributed by atoms with Crippen LogP contribution in [0.3, 0.4) is 0 Å². The van der Waals surface area contributed by atoms with Crippen LogP contribution in [0.5, 0.6) is 0 Å². The van der Waals surface area contributed by atoms with Crippen LogP contribution in [0.15, 0.2) is 38.6 Å². The number of nitrogens with zero attached hydrogens (tertiary/aromatic N) is 2. The molecule has 1 heterocycles. The number of benzene rings is 1. The Labute approximate surface area is 122 Å². The van der Waals surface area contributed by atoms with Crippen LogP contribution in [0, 0.1) is 0 Å². The standard InChI is InChI=1S/C15H17N3O3/c1-4-18(3)13-6-5-11-7-12(9-16-17-10(2)19)15(20)21-14(11)8-13/h5-9H,4H2,1-3H3,(H,17,19)/b16-9+. The van der Waals surface area contributed by atoms with Crippen molar-refractivity contribution >= 4 is 28.8 Å². The molecule has 0 aliphatic carbocycles. The van der Waals surface area contributed by atoms with E-state index in [2.05, 4.69) is 10.5 Å². The van der Waals surface area contributed by atoms with Crippen LogP contribution in [0.1, 0.15) is 19.4 Å².